The van der Waals surface area contributed by atoms with Crippen molar-refractivity contribution >= 4 is 29.1 Å². The normalized spacial score (nSPS) is 18.5. The Bertz CT molecular complexity index is 944. The fourth-order valence-corrected chi connectivity index (χ4v) is 5.22. The van der Waals surface area contributed by atoms with Crippen LogP contribution in [0.2, 0.25) is 5.02 Å². The van der Waals surface area contributed by atoms with E-state index in [0.29, 0.717) is 48.6 Å². The van der Waals surface area contributed by atoms with Crippen molar-refractivity contribution < 1.29 is 9.59 Å². The van der Waals surface area contributed by atoms with Crippen molar-refractivity contribution in [2.75, 3.05) is 31.5 Å². The zero-order chi connectivity index (χ0) is 23.4. The predicted molar refractivity (Wildman–Crippen MR) is 134 cm³/mol. The van der Waals surface area contributed by atoms with Gasteiger partial charge in [0.05, 0.1) is 6.04 Å². The molecule has 1 saturated carbocycles. The lowest BCUT2D eigenvalue weighted by atomic mass is 9.94. The molecular formula is C27H34ClN3O2. The first-order valence-corrected chi connectivity index (χ1v) is 12.5. The third-order valence-corrected chi connectivity index (χ3v) is 7.30. The van der Waals surface area contributed by atoms with Gasteiger partial charge in [0.15, 0.2) is 0 Å². The first-order valence-electron chi connectivity index (χ1n) is 12.1. The zero-order valence-corrected chi connectivity index (χ0v) is 20.4. The van der Waals surface area contributed by atoms with Gasteiger partial charge < -0.3 is 10.2 Å². The molecule has 2 aromatic carbocycles. The lowest BCUT2D eigenvalue weighted by Crippen LogP contribution is -2.56. The summed E-state index contributed by atoms with van der Waals surface area (Å²) in [5.41, 5.74) is 2.77. The van der Waals surface area contributed by atoms with E-state index in [1.165, 1.54) is 18.4 Å². The molecule has 2 fully saturated rings. The van der Waals surface area contributed by atoms with Gasteiger partial charge in [0.2, 0.25) is 5.91 Å². The highest BCUT2D eigenvalue weighted by atomic mass is 35.5. The summed E-state index contributed by atoms with van der Waals surface area (Å²) in [6.07, 6.45) is 4.56. The number of hydrogen-bond acceptors (Lipinski definition) is 3. The van der Waals surface area contributed by atoms with Gasteiger partial charge in [-0.3, -0.25) is 14.5 Å². The standard InChI is InChI=1S/C27H34ClN3O2/c1-19(2)20-9-13-24(14-10-20)29-26(32)25(21-5-3-4-6-21)30-15-17-31(18-16-30)27(33)22-7-11-23(28)12-8-22/h7-14,19,21,25H,3-6,15-18H2,1-2H3,(H,29,32)/t25-/m1/s1. The monoisotopic (exact) mass is 467 g/mol. The first kappa shape index (κ1) is 23.8. The van der Waals surface area contributed by atoms with Crippen LogP contribution in [-0.4, -0.2) is 53.8 Å². The number of carbonyl (C=O) groups excluding carboxylic acids is 2. The first-order chi connectivity index (χ1) is 15.9. The molecule has 1 N–H and O–H groups in total. The number of piperazine rings is 1. The van der Waals surface area contributed by atoms with E-state index in [1.54, 1.807) is 24.3 Å². The molecule has 1 heterocycles. The van der Waals surface area contributed by atoms with E-state index in [2.05, 4.69) is 36.2 Å². The second-order valence-electron chi connectivity index (χ2n) is 9.59. The van der Waals surface area contributed by atoms with Crippen LogP contribution >= 0.6 is 11.6 Å². The summed E-state index contributed by atoms with van der Waals surface area (Å²) in [7, 11) is 0. The smallest absolute Gasteiger partial charge is 0.253 e. The van der Waals surface area contributed by atoms with E-state index >= 15 is 0 Å². The molecule has 2 aromatic rings. The average Bonchev–Trinajstić information content (AvgIpc) is 3.34. The summed E-state index contributed by atoms with van der Waals surface area (Å²) in [5, 5.41) is 3.80. The minimum atomic E-state index is -0.148. The Kier molecular flexibility index (Phi) is 7.71. The molecule has 1 saturated heterocycles. The number of carbonyl (C=O) groups is 2. The highest BCUT2D eigenvalue weighted by Crippen LogP contribution is 2.32. The summed E-state index contributed by atoms with van der Waals surface area (Å²) < 4.78 is 0. The number of nitrogens with zero attached hydrogens (tertiary/aromatic N) is 2. The van der Waals surface area contributed by atoms with Crippen molar-refractivity contribution in [2.45, 2.75) is 51.5 Å². The lowest BCUT2D eigenvalue weighted by Gasteiger charge is -2.40. The fraction of sp³-hybridized carbons (Fsp3) is 0.481. The van der Waals surface area contributed by atoms with Crippen LogP contribution in [0.4, 0.5) is 5.69 Å². The molecule has 2 amide bonds. The minimum Gasteiger partial charge on any atom is -0.336 e. The van der Waals surface area contributed by atoms with Crippen LogP contribution in [0.15, 0.2) is 48.5 Å². The molecule has 1 atom stereocenters. The van der Waals surface area contributed by atoms with Crippen LogP contribution in [0.5, 0.6) is 0 Å². The van der Waals surface area contributed by atoms with E-state index in [1.807, 2.05) is 17.0 Å². The summed E-state index contributed by atoms with van der Waals surface area (Å²) in [4.78, 5) is 30.5. The molecule has 0 bridgehead atoms. The Hall–Kier alpha value is -2.37. The molecule has 0 unspecified atom stereocenters. The quantitative estimate of drug-likeness (QED) is 0.617. The molecule has 33 heavy (non-hydrogen) atoms. The average molecular weight is 468 g/mol. The number of rotatable bonds is 6. The fourth-order valence-electron chi connectivity index (χ4n) is 5.10. The number of nitrogens with one attached hydrogen (secondary N) is 1. The van der Waals surface area contributed by atoms with Crippen LogP contribution in [-0.2, 0) is 4.79 Å². The van der Waals surface area contributed by atoms with Crippen molar-refractivity contribution in [3.63, 3.8) is 0 Å². The molecule has 0 radical (unpaired) electrons. The molecule has 1 aliphatic carbocycles. The Morgan fingerprint density at radius 1 is 0.909 bits per heavy atom. The van der Waals surface area contributed by atoms with E-state index in [-0.39, 0.29) is 17.9 Å². The Morgan fingerprint density at radius 3 is 2.09 bits per heavy atom. The molecule has 6 heteroatoms. The van der Waals surface area contributed by atoms with E-state index in [0.717, 1.165) is 18.5 Å². The van der Waals surface area contributed by atoms with Crippen molar-refractivity contribution in [3.8, 4) is 0 Å². The summed E-state index contributed by atoms with van der Waals surface area (Å²) in [5.74, 6) is 0.946. The van der Waals surface area contributed by atoms with Gasteiger partial charge in [-0.2, -0.15) is 0 Å². The van der Waals surface area contributed by atoms with E-state index in [4.69, 9.17) is 11.6 Å². The maximum atomic E-state index is 13.4. The second-order valence-corrected chi connectivity index (χ2v) is 10.0. The third kappa shape index (κ3) is 5.77. The van der Waals surface area contributed by atoms with E-state index in [9.17, 15) is 9.59 Å². The molecule has 4 rings (SSSR count). The van der Waals surface area contributed by atoms with Crippen LogP contribution in [0.1, 0.15) is 61.4 Å². The number of benzene rings is 2. The molecule has 5 nitrogen and oxygen atoms in total. The zero-order valence-electron chi connectivity index (χ0n) is 19.6. The number of anilines is 1. The van der Waals surface area contributed by atoms with Crippen molar-refractivity contribution in [1.29, 1.82) is 0 Å². The van der Waals surface area contributed by atoms with Crippen LogP contribution < -0.4 is 5.32 Å². The Morgan fingerprint density at radius 2 is 1.52 bits per heavy atom. The molecular weight excluding hydrogens is 434 g/mol. The highest BCUT2D eigenvalue weighted by molar-refractivity contribution is 6.30. The Balaban J connectivity index is 1.41. The largest absolute Gasteiger partial charge is 0.336 e. The minimum absolute atomic E-state index is 0.0263. The second kappa shape index (κ2) is 10.7. The topological polar surface area (TPSA) is 52.7 Å². The number of halogens is 1. The van der Waals surface area contributed by atoms with Gasteiger partial charge >= 0.3 is 0 Å². The van der Waals surface area contributed by atoms with Gasteiger partial charge in [0.1, 0.15) is 0 Å². The van der Waals surface area contributed by atoms with Crippen LogP contribution in [0.3, 0.4) is 0 Å². The maximum Gasteiger partial charge on any atom is 0.253 e. The summed E-state index contributed by atoms with van der Waals surface area (Å²) >= 11 is 5.96. The van der Waals surface area contributed by atoms with Gasteiger partial charge in [0.25, 0.3) is 5.91 Å². The van der Waals surface area contributed by atoms with Crippen LogP contribution in [0.25, 0.3) is 0 Å². The van der Waals surface area contributed by atoms with Gasteiger partial charge in [-0.25, -0.2) is 0 Å². The van der Waals surface area contributed by atoms with Crippen molar-refractivity contribution in [3.05, 3.63) is 64.7 Å². The van der Waals surface area contributed by atoms with Gasteiger partial charge in [-0.05, 0) is 66.6 Å². The van der Waals surface area contributed by atoms with Gasteiger partial charge in [-0.1, -0.05) is 50.4 Å². The molecule has 1 aliphatic heterocycles. The molecule has 176 valence electrons. The number of amides is 2. The van der Waals surface area contributed by atoms with E-state index < -0.39 is 0 Å². The molecule has 0 spiro atoms. The SMILES string of the molecule is CC(C)c1ccc(NC(=O)[C@@H](C2CCCC2)N2CCN(C(=O)c3ccc(Cl)cc3)CC2)cc1. The maximum absolute atomic E-state index is 13.4. The molecule has 0 aromatic heterocycles. The van der Waals surface area contributed by atoms with Crippen molar-refractivity contribution in [2.24, 2.45) is 5.92 Å². The van der Waals surface area contributed by atoms with Crippen molar-refractivity contribution in [1.82, 2.24) is 9.80 Å². The summed E-state index contributed by atoms with van der Waals surface area (Å²) in [6, 6.07) is 15.1. The highest BCUT2D eigenvalue weighted by Gasteiger charge is 2.37. The third-order valence-electron chi connectivity index (χ3n) is 7.05. The molecule has 2 aliphatic rings. The lowest BCUT2D eigenvalue weighted by molar-refractivity contribution is -0.123. The van der Waals surface area contributed by atoms with Gasteiger partial charge in [0, 0.05) is 42.5 Å². The predicted octanol–water partition coefficient (Wildman–Crippen LogP) is 5.42. The van der Waals surface area contributed by atoms with Gasteiger partial charge in [-0.15, -0.1) is 0 Å². The number of hydrogen-bond donors (Lipinski definition) is 1. The summed E-state index contributed by atoms with van der Waals surface area (Å²) in [6.45, 7) is 7.00. The Labute approximate surface area is 202 Å². The van der Waals surface area contributed by atoms with Crippen LogP contribution in [0, 0.1) is 5.92 Å².